The van der Waals surface area contributed by atoms with Gasteiger partial charge in [0.2, 0.25) is 5.82 Å². The van der Waals surface area contributed by atoms with Crippen molar-refractivity contribution < 1.29 is 19.1 Å². The lowest BCUT2D eigenvalue weighted by atomic mass is 10.3. The third kappa shape index (κ3) is 2.45. The third-order valence-electron chi connectivity index (χ3n) is 2.92. The highest BCUT2D eigenvalue weighted by molar-refractivity contribution is 7.52. The maximum absolute atomic E-state index is 11.5. The summed E-state index contributed by atoms with van der Waals surface area (Å²) < 4.78 is 18.0. The minimum atomic E-state index is -4.44. The molecular formula is C10H11N6O4P. The Bertz CT molecular complexity index is 810. The van der Waals surface area contributed by atoms with Crippen molar-refractivity contribution in [2.75, 3.05) is 7.11 Å². The number of hydrogen-bond acceptors (Lipinski definition) is 6. The van der Waals surface area contributed by atoms with Crippen molar-refractivity contribution in [1.82, 2.24) is 30.0 Å². The minimum Gasteiger partial charge on any atom is -0.364 e. The molecule has 0 aromatic carbocycles. The first-order chi connectivity index (χ1) is 10.0. The second-order valence-electron chi connectivity index (χ2n) is 4.25. The number of aromatic nitrogens is 6. The molecule has 3 rings (SSSR count). The molecule has 1 atom stereocenters. The van der Waals surface area contributed by atoms with E-state index in [0.717, 1.165) is 0 Å². The van der Waals surface area contributed by atoms with Crippen molar-refractivity contribution in [1.29, 1.82) is 0 Å². The van der Waals surface area contributed by atoms with Crippen LogP contribution in [-0.4, -0.2) is 46.9 Å². The smallest absolute Gasteiger partial charge is 0.358 e. The topological polar surface area (TPSA) is 139 Å². The largest absolute Gasteiger partial charge is 0.364 e. The molecule has 0 fully saturated rings. The van der Waals surface area contributed by atoms with Gasteiger partial charge in [-0.15, -0.1) is 10.2 Å². The number of aromatic amines is 1. The number of pyridine rings is 1. The van der Waals surface area contributed by atoms with Crippen LogP contribution < -0.4 is 0 Å². The number of fused-ring (bicyclic) bond motifs is 1. The van der Waals surface area contributed by atoms with Gasteiger partial charge < -0.3 is 14.5 Å². The van der Waals surface area contributed by atoms with Crippen LogP contribution in [0.25, 0.3) is 17.2 Å². The number of nitrogens with zero attached hydrogens (tertiary/aromatic N) is 5. The van der Waals surface area contributed by atoms with E-state index >= 15 is 0 Å². The van der Waals surface area contributed by atoms with Gasteiger partial charge in [0.25, 0.3) is 0 Å². The average Bonchev–Trinajstić information content (AvgIpc) is 3.05. The number of nitrogens with one attached hydrogen (secondary N) is 1. The van der Waals surface area contributed by atoms with Crippen molar-refractivity contribution in [2.24, 2.45) is 0 Å². The highest BCUT2D eigenvalue weighted by atomic mass is 31.2. The molecule has 0 aliphatic rings. The van der Waals surface area contributed by atoms with Crippen LogP contribution in [-0.2, 0) is 9.30 Å². The van der Waals surface area contributed by atoms with Gasteiger partial charge in [-0.2, -0.15) is 5.21 Å². The first-order valence-corrected chi connectivity index (χ1v) is 7.47. The monoisotopic (exact) mass is 310 g/mol. The molecule has 10 nitrogen and oxygen atoms in total. The molecule has 0 saturated heterocycles. The third-order valence-corrected chi connectivity index (χ3v) is 4.04. The highest BCUT2D eigenvalue weighted by Crippen LogP contribution is 2.52. The van der Waals surface area contributed by atoms with Gasteiger partial charge in [0.05, 0.1) is 6.20 Å². The summed E-state index contributed by atoms with van der Waals surface area (Å²) in [4.78, 5) is 22.8. The molecule has 21 heavy (non-hydrogen) atoms. The molecule has 0 spiro atoms. The molecule has 110 valence electrons. The Balaban J connectivity index is 2.15. The van der Waals surface area contributed by atoms with E-state index in [-0.39, 0.29) is 0 Å². The second kappa shape index (κ2) is 5.01. The van der Waals surface area contributed by atoms with Crippen molar-refractivity contribution in [2.45, 2.75) is 5.85 Å². The Labute approximate surface area is 117 Å². The standard InChI is InChI=1S/C10H11N6O4P/c1-20-10(21(17,18)19)6-2-3-8-11-4-7(16(8)5-6)9-12-14-15-13-9/h2-5,10H,1H3,(H2,17,18,19)(H,12,13,14,15). The lowest BCUT2D eigenvalue weighted by Crippen LogP contribution is -2.04. The molecule has 0 radical (unpaired) electrons. The molecule has 11 heteroatoms. The number of H-pyrrole nitrogens is 1. The molecular weight excluding hydrogens is 299 g/mol. The summed E-state index contributed by atoms with van der Waals surface area (Å²) in [6.45, 7) is 0. The molecule has 0 saturated carbocycles. The van der Waals surface area contributed by atoms with Gasteiger partial charge in [0.15, 0.2) is 5.85 Å². The highest BCUT2D eigenvalue weighted by Gasteiger charge is 2.31. The molecule has 3 aromatic heterocycles. The van der Waals surface area contributed by atoms with Gasteiger partial charge >= 0.3 is 7.60 Å². The zero-order valence-electron chi connectivity index (χ0n) is 10.8. The molecule has 0 bridgehead atoms. The fourth-order valence-electron chi connectivity index (χ4n) is 2.05. The zero-order valence-corrected chi connectivity index (χ0v) is 11.7. The summed E-state index contributed by atoms with van der Waals surface area (Å²) in [6.07, 6.45) is 3.07. The van der Waals surface area contributed by atoms with E-state index in [0.29, 0.717) is 22.7 Å². The lowest BCUT2D eigenvalue weighted by Gasteiger charge is -2.17. The minimum absolute atomic E-state index is 0.320. The second-order valence-corrected chi connectivity index (χ2v) is 5.89. The summed E-state index contributed by atoms with van der Waals surface area (Å²) in [7, 11) is -3.20. The fourth-order valence-corrected chi connectivity index (χ4v) is 2.86. The van der Waals surface area contributed by atoms with Crippen LogP contribution >= 0.6 is 7.60 Å². The fraction of sp³-hybridized carbons (Fsp3) is 0.200. The maximum Gasteiger partial charge on any atom is 0.358 e. The first-order valence-electron chi connectivity index (χ1n) is 5.79. The number of rotatable bonds is 4. The van der Waals surface area contributed by atoms with Crippen LogP contribution in [0.3, 0.4) is 0 Å². The van der Waals surface area contributed by atoms with Crippen LogP contribution in [0, 0.1) is 0 Å². The Morgan fingerprint density at radius 3 is 2.86 bits per heavy atom. The summed E-state index contributed by atoms with van der Waals surface area (Å²) in [5.41, 5.74) is 1.45. The number of imidazole rings is 1. The average molecular weight is 310 g/mol. The SMILES string of the molecule is COC(c1ccc2ncc(-c3nn[nH]n3)n2c1)P(=O)(O)O. The van der Waals surface area contributed by atoms with Gasteiger partial charge in [-0.25, -0.2) is 4.98 Å². The maximum atomic E-state index is 11.5. The van der Waals surface area contributed by atoms with E-state index in [4.69, 9.17) is 4.74 Å². The van der Waals surface area contributed by atoms with Crippen LogP contribution in [0.4, 0.5) is 0 Å². The van der Waals surface area contributed by atoms with Gasteiger partial charge in [0, 0.05) is 18.9 Å². The molecule has 3 heterocycles. The van der Waals surface area contributed by atoms with E-state index in [2.05, 4.69) is 25.6 Å². The first kappa shape index (κ1) is 13.8. The number of ether oxygens (including phenoxy) is 1. The normalized spacial score (nSPS) is 13.7. The summed E-state index contributed by atoms with van der Waals surface area (Å²) >= 11 is 0. The predicted molar refractivity (Wildman–Crippen MR) is 70.2 cm³/mol. The van der Waals surface area contributed by atoms with E-state index < -0.39 is 13.4 Å². The van der Waals surface area contributed by atoms with Gasteiger partial charge in [0.1, 0.15) is 11.3 Å². The van der Waals surface area contributed by atoms with Gasteiger partial charge in [-0.3, -0.25) is 8.97 Å². The molecule has 0 aliphatic heterocycles. The van der Waals surface area contributed by atoms with Gasteiger partial charge in [-0.1, -0.05) is 6.07 Å². The van der Waals surface area contributed by atoms with E-state index in [1.165, 1.54) is 13.3 Å². The van der Waals surface area contributed by atoms with Crippen LogP contribution in [0.15, 0.2) is 24.5 Å². The number of tetrazole rings is 1. The summed E-state index contributed by atoms with van der Waals surface area (Å²) in [5.74, 6) is -1.02. The lowest BCUT2D eigenvalue weighted by molar-refractivity contribution is 0.137. The Morgan fingerprint density at radius 1 is 1.43 bits per heavy atom. The van der Waals surface area contributed by atoms with Crippen LogP contribution in [0.2, 0.25) is 0 Å². The van der Waals surface area contributed by atoms with E-state index in [1.807, 2.05) is 0 Å². The molecule has 0 amide bonds. The summed E-state index contributed by atoms with van der Waals surface area (Å²) in [5, 5.41) is 13.5. The molecule has 3 N–H and O–H groups in total. The Kier molecular flexibility index (Phi) is 3.30. The zero-order chi connectivity index (χ0) is 15.0. The number of hydrogen-bond donors (Lipinski definition) is 3. The summed E-state index contributed by atoms with van der Waals surface area (Å²) in [6, 6.07) is 3.18. The number of methoxy groups -OCH3 is 1. The van der Waals surface area contributed by atoms with E-state index in [9.17, 15) is 14.4 Å². The Hall–Kier alpha value is -2.13. The predicted octanol–water partition coefficient (Wildman–Crippen LogP) is 0.337. The van der Waals surface area contributed by atoms with Crippen molar-refractivity contribution in [3.05, 3.63) is 30.1 Å². The molecule has 0 aliphatic carbocycles. The van der Waals surface area contributed by atoms with Crippen molar-refractivity contribution in [3.8, 4) is 11.5 Å². The van der Waals surface area contributed by atoms with Crippen LogP contribution in [0.5, 0.6) is 0 Å². The van der Waals surface area contributed by atoms with Gasteiger partial charge in [-0.05, 0) is 11.3 Å². The molecule has 3 aromatic rings. The quantitative estimate of drug-likeness (QED) is 0.586. The van der Waals surface area contributed by atoms with E-state index in [1.54, 1.807) is 22.7 Å². The Morgan fingerprint density at radius 2 is 2.24 bits per heavy atom. The van der Waals surface area contributed by atoms with Crippen molar-refractivity contribution in [3.63, 3.8) is 0 Å². The molecule has 1 unspecified atom stereocenters. The van der Waals surface area contributed by atoms with Crippen LogP contribution in [0.1, 0.15) is 11.4 Å². The van der Waals surface area contributed by atoms with Crippen molar-refractivity contribution >= 4 is 13.2 Å².